The fourth-order valence-corrected chi connectivity index (χ4v) is 4.24. The Labute approximate surface area is 177 Å². The third kappa shape index (κ3) is 4.32. The Balaban J connectivity index is 1.80. The molecule has 0 atom stereocenters. The molecule has 1 aliphatic heterocycles. The van der Waals surface area contributed by atoms with Gasteiger partial charge in [0.25, 0.3) is 5.91 Å². The molecular weight excluding hydrogens is 421 g/mol. The molecule has 0 aromatic heterocycles. The highest BCUT2D eigenvalue weighted by molar-refractivity contribution is 8.26. The fraction of sp³-hybridized carbons (Fsp3) is 0.200. The number of ether oxygens (including phenoxy) is 2. The Bertz CT molecular complexity index is 944. The number of nitrogens with zero attached hydrogens (tertiary/aromatic N) is 1. The maximum Gasteiger partial charge on any atom is 0.266 e. The zero-order chi connectivity index (χ0) is 20.3. The molecule has 3 rings (SSSR count). The number of hydrogen-bond donors (Lipinski definition) is 0. The van der Waals surface area contributed by atoms with Crippen molar-refractivity contribution in [2.75, 3.05) is 13.7 Å². The lowest BCUT2D eigenvalue weighted by Gasteiger charge is -2.13. The minimum absolute atomic E-state index is 0.0314. The van der Waals surface area contributed by atoms with E-state index in [4.69, 9.17) is 33.3 Å². The van der Waals surface area contributed by atoms with Crippen molar-refractivity contribution >= 4 is 51.9 Å². The van der Waals surface area contributed by atoms with Crippen LogP contribution in [0.4, 0.5) is 4.39 Å². The number of methoxy groups -OCH3 is 1. The first-order chi connectivity index (χ1) is 13.4. The van der Waals surface area contributed by atoms with E-state index in [1.807, 2.05) is 6.92 Å². The summed E-state index contributed by atoms with van der Waals surface area (Å²) in [5.74, 6) is 0.374. The van der Waals surface area contributed by atoms with Gasteiger partial charge < -0.3 is 9.47 Å². The number of hydrogen-bond acceptors (Lipinski definition) is 5. The van der Waals surface area contributed by atoms with Crippen LogP contribution >= 0.6 is 35.6 Å². The molecule has 1 aliphatic rings. The summed E-state index contributed by atoms with van der Waals surface area (Å²) < 4.78 is 25.5. The second kappa shape index (κ2) is 8.94. The van der Waals surface area contributed by atoms with E-state index in [1.54, 1.807) is 35.2 Å². The summed E-state index contributed by atoms with van der Waals surface area (Å²) in [6, 6.07) is 9.72. The van der Waals surface area contributed by atoms with Crippen LogP contribution in [0.25, 0.3) is 6.08 Å². The van der Waals surface area contributed by atoms with Crippen molar-refractivity contribution in [1.29, 1.82) is 0 Å². The Morgan fingerprint density at radius 3 is 2.71 bits per heavy atom. The number of amides is 1. The SMILES string of the molecule is CCN1C(=O)/C(=C\c2ccc(OCc3c(F)cccc3Cl)c(OC)c2)SC1=S. The van der Waals surface area contributed by atoms with Gasteiger partial charge in [-0.1, -0.05) is 47.7 Å². The highest BCUT2D eigenvalue weighted by atomic mass is 35.5. The first-order valence-corrected chi connectivity index (χ1v) is 10.0. The van der Waals surface area contributed by atoms with Crippen molar-refractivity contribution in [3.63, 3.8) is 0 Å². The predicted molar refractivity (Wildman–Crippen MR) is 114 cm³/mol. The molecule has 0 unspecified atom stereocenters. The quantitative estimate of drug-likeness (QED) is 0.453. The lowest BCUT2D eigenvalue weighted by molar-refractivity contribution is -0.121. The number of likely N-dealkylation sites (N-methyl/N-ethyl adjacent to an activating group) is 1. The van der Waals surface area contributed by atoms with Gasteiger partial charge in [-0.25, -0.2) is 4.39 Å². The summed E-state index contributed by atoms with van der Waals surface area (Å²) >= 11 is 12.5. The van der Waals surface area contributed by atoms with Gasteiger partial charge in [-0.05, 0) is 42.8 Å². The summed E-state index contributed by atoms with van der Waals surface area (Å²) in [5.41, 5.74) is 1.04. The Kier molecular flexibility index (Phi) is 6.59. The first kappa shape index (κ1) is 20.6. The third-order valence-corrected chi connectivity index (χ3v) is 5.84. The summed E-state index contributed by atoms with van der Waals surface area (Å²) in [6.45, 7) is 2.39. The van der Waals surface area contributed by atoms with Crippen LogP contribution < -0.4 is 9.47 Å². The maximum atomic E-state index is 13.9. The number of thioether (sulfide) groups is 1. The van der Waals surface area contributed by atoms with E-state index < -0.39 is 5.82 Å². The number of rotatable bonds is 6. The molecule has 1 amide bonds. The normalized spacial score (nSPS) is 15.4. The summed E-state index contributed by atoms with van der Waals surface area (Å²) in [6.07, 6.45) is 1.76. The van der Waals surface area contributed by atoms with Crippen LogP contribution in [0.15, 0.2) is 41.3 Å². The molecule has 0 saturated carbocycles. The molecule has 0 bridgehead atoms. The van der Waals surface area contributed by atoms with Gasteiger partial charge in [-0.15, -0.1) is 0 Å². The molecule has 28 heavy (non-hydrogen) atoms. The molecule has 146 valence electrons. The van der Waals surface area contributed by atoms with E-state index in [0.717, 1.165) is 5.56 Å². The third-order valence-electron chi connectivity index (χ3n) is 4.11. The minimum atomic E-state index is -0.430. The average Bonchev–Trinajstić information content (AvgIpc) is 2.94. The molecule has 1 heterocycles. The lowest BCUT2D eigenvalue weighted by atomic mass is 10.1. The molecule has 1 fully saturated rings. The number of thiocarbonyl (C=S) groups is 1. The molecule has 0 spiro atoms. The van der Waals surface area contributed by atoms with Crippen LogP contribution in [0.2, 0.25) is 5.02 Å². The second-order valence-electron chi connectivity index (χ2n) is 5.83. The van der Waals surface area contributed by atoms with E-state index in [0.29, 0.717) is 32.3 Å². The molecule has 4 nitrogen and oxygen atoms in total. The molecule has 2 aromatic carbocycles. The molecular formula is C20H17ClFNO3S2. The van der Waals surface area contributed by atoms with Crippen molar-refractivity contribution in [3.05, 3.63) is 63.3 Å². The maximum absolute atomic E-state index is 13.9. The van der Waals surface area contributed by atoms with Gasteiger partial charge in [0, 0.05) is 12.1 Å². The first-order valence-electron chi connectivity index (χ1n) is 8.43. The second-order valence-corrected chi connectivity index (χ2v) is 7.91. The molecule has 1 saturated heterocycles. The number of carbonyl (C=O) groups is 1. The molecule has 8 heteroatoms. The molecule has 0 N–H and O–H groups in total. The highest BCUT2D eigenvalue weighted by Gasteiger charge is 2.30. The lowest BCUT2D eigenvalue weighted by Crippen LogP contribution is -2.27. The van der Waals surface area contributed by atoms with Crippen molar-refractivity contribution in [3.8, 4) is 11.5 Å². The van der Waals surface area contributed by atoms with E-state index in [2.05, 4.69) is 0 Å². The molecule has 0 aliphatic carbocycles. The average molecular weight is 438 g/mol. The molecule has 0 radical (unpaired) electrons. The zero-order valence-electron chi connectivity index (χ0n) is 15.2. The van der Waals surface area contributed by atoms with E-state index in [1.165, 1.54) is 31.0 Å². The number of carbonyl (C=O) groups excluding carboxylic acids is 1. The Morgan fingerprint density at radius 2 is 2.07 bits per heavy atom. The minimum Gasteiger partial charge on any atom is -0.493 e. The van der Waals surface area contributed by atoms with Gasteiger partial charge in [0.1, 0.15) is 16.7 Å². The fourth-order valence-electron chi connectivity index (χ4n) is 2.64. The summed E-state index contributed by atoms with van der Waals surface area (Å²) in [5, 5.41) is 0.300. The standard InChI is InChI=1S/C20H17ClFNO3S2/c1-3-23-19(24)18(28-20(23)27)10-12-7-8-16(17(9-12)25-2)26-11-13-14(21)5-4-6-15(13)22/h4-10H,3,11H2,1-2H3/b18-10+. The van der Waals surface area contributed by atoms with Crippen LogP contribution in [0, 0.1) is 5.82 Å². The van der Waals surface area contributed by atoms with Crippen molar-refractivity contribution in [2.45, 2.75) is 13.5 Å². The summed E-state index contributed by atoms with van der Waals surface area (Å²) in [7, 11) is 1.51. The van der Waals surface area contributed by atoms with Crippen molar-refractivity contribution in [1.82, 2.24) is 4.90 Å². The zero-order valence-corrected chi connectivity index (χ0v) is 17.6. The molecule has 2 aromatic rings. The smallest absolute Gasteiger partial charge is 0.266 e. The number of halogens is 2. The largest absolute Gasteiger partial charge is 0.493 e. The number of benzene rings is 2. The van der Waals surface area contributed by atoms with Crippen LogP contribution in [-0.4, -0.2) is 28.8 Å². The predicted octanol–water partition coefficient (Wildman–Crippen LogP) is 5.29. The Hall–Kier alpha value is -2.09. The monoisotopic (exact) mass is 437 g/mol. The van der Waals surface area contributed by atoms with E-state index in [9.17, 15) is 9.18 Å². The van der Waals surface area contributed by atoms with Crippen LogP contribution in [0.1, 0.15) is 18.1 Å². The van der Waals surface area contributed by atoms with Crippen molar-refractivity contribution in [2.24, 2.45) is 0 Å². The Morgan fingerprint density at radius 1 is 1.29 bits per heavy atom. The van der Waals surface area contributed by atoms with Gasteiger partial charge in [-0.2, -0.15) is 0 Å². The van der Waals surface area contributed by atoms with Gasteiger partial charge in [0.15, 0.2) is 11.5 Å². The van der Waals surface area contributed by atoms with Gasteiger partial charge >= 0.3 is 0 Å². The van der Waals surface area contributed by atoms with Crippen LogP contribution in [0.3, 0.4) is 0 Å². The topological polar surface area (TPSA) is 38.8 Å². The van der Waals surface area contributed by atoms with Gasteiger partial charge in [0.2, 0.25) is 0 Å². The van der Waals surface area contributed by atoms with Gasteiger partial charge in [-0.3, -0.25) is 9.69 Å². The van der Waals surface area contributed by atoms with Gasteiger partial charge in [0.05, 0.1) is 17.0 Å². The van der Waals surface area contributed by atoms with E-state index in [-0.39, 0.29) is 18.1 Å². The summed E-state index contributed by atoms with van der Waals surface area (Å²) in [4.78, 5) is 14.5. The highest BCUT2D eigenvalue weighted by Crippen LogP contribution is 2.35. The van der Waals surface area contributed by atoms with Crippen LogP contribution in [-0.2, 0) is 11.4 Å². The van der Waals surface area contributed by atoms with Crippen LogP contribution in [0.5, 0.6) is 11.5 Å². The van der Waals surface area contributed by atoms with Crippen molar-refractivity contribution < 1.29 is 18.7 Å². The van der Waals surface area contributed by atoms with E-state index >= 15 is 0 Å².